The van der Waals surface area contributed by atoms with E-state index in [1.807, 2.05) is 17.0 Å². The Labute approximate surface area is 123 Å². The Morgan fingerprint density at radius 3 is 3.00 bits per heavy atom. The van der Waals surface area contributed by atoms with Crippen molar-refractivity contribution >= 4 is 17.5 Å². The van der Waals surface area contributed by atoms with Gasteiger partial charge in [-0.25, -0.2) is 0 Å². The Kier molecular flexibility index (Phi) is 3.75. The van der Waals surface area contributed by atoms with Gasteiger partial charge >= 0.3 is 0 Å². The summed E-state index contributed by atoms with van der Waals surface area (Å²) in [6, 6.07) is 5.41. The number of benzene rings is 1. The summed E-state index contributed by atoms with van der Waals surface area (Å²) in [5, 5.41) is 2.78. The molecule has 0 saturated heterocycles. The van der Waals surface area contributed by atoms with Crippen LogP contribution in [0.4, 0.5) is 5.69 Å². The van der Waals surface area contributed by atoms with Gasteiger partial charge in [0.25, 0.3) is 5.91 Å². The largest absolute Gasteiger partial charge is 0.380 e. The van der Waals surface area contributed by atoms with Gasteiger partial charge in [-0.3, -0.25) is 9.59 Å². The minimum Gasteiger partial charge on any atom is -0.380 e. The first-order valence-corrected chi connectivity index (χ1v) is 7.06. The number of nitrogens with zero attached hydrogens (tertiary/aromatic N) is 1. The van der Waals surface area contributed by atoms with Gasteiger partial charge in [-0.15, -0.1) is 0 Å². The van der Waals surface area contributed by atoms with Crippen molar-refractivity contribution in [3.8, 4) is 0 Å². The first kappa shape index (κ1) is 13.8. The molecule has 2 aliphatic heterocycles. The van der Waals surface area contributed by atoms with Crippen LogP contribution in [0.1, 0.15) is 22.3 Å². The van der Waals surface area contributed by atoms with Crippen LogP contribution in [0, 0.1) is 0 Å². The topological polar surface area (TPSA) is 58.6 Å². The van der Waals surface area contributed by atoms with Crippen LogP contribution in [0.15, 0.2) is 29.8 Å². The average molecular weight is 286 g/mol. The normalized spacial score (nSPS) is 17.3. The number of amides is 2. The second-order valence-corrected chi connectivity index (χ2v) is 5.39. The average Bonchev–Trinajstić information content (AvgIpc) is 2.86. The number of carbonyl (C=O) groups excluding carboxylic acids is 2. The Morgan fingerprint density at radius 1 is 1.43 bits per heavy atom. The van der Waals surface area contributed by atoms with Gasteiger partial charge in [0.05, 0.1) is 13.0 Å². The lowest BCUT2D eigenvalue weighted by Crippen LogP contribution is -2.35. The minimum absolute atomic E-state index is 0.0142. The fraction of sp³-hybridized carbons (Fsp3) is 0.375. The second-order valence-electron chi connectivity index (χ2n) is 5.39. The summed E-state index contributed by atoms with van der Waals surface area (Å²) >= 11 is 0. The minimum atomic E-state index is -0.0142. The lowest BCUT2D eigenvalue weighted by atomic mass is 10.0. The van der Waals surface area contributed by atoms with Crippen LogP contribution in [0.25, 0.3) is 0 Å². The maximum Gasteiger partial charge on any atom is 0.254 e. The van der Waals surface area contributed by atoms with E-state index >= 15 is 0 Å². The molecule has 21 heavy (non-hydrogen) atoms. The van der Waals surface area contributed by atoms with Crippen molar-refractivity contribution in [3.05, 3.63) is 41.0 Å². The van der Waals surface area contributed by atoms with Gasteiger partial charge in [-0.2, -0.15) is 0 Å². The van der Waals surface area contributed by atoms with E-state index in [-0.39, 0.29) is 11.8 Å². The summed E-state index contributed by atoms with van der Waals surface area (Å²) in [4.78, 5) is 25.7. The van der Waals surface area contributed by atoms with Gasteiger partial charge in [-0.1, -0.05) is 6.08 Å². The molecule has 5 nitrogen and oxygen atoms in total. The summed E-state index contributed by atoms with van der Waals surface area (Å²) in [5.41, 5.74) is 3.61. The number of ether oxygens (including phenoxy) is 1. The highest BCUT2D eigenvalue weighted by Crippen LogP contribution is 2.25. The number of carbonyl (C=O) groups is 2. The molecule has 5 heteroatoms. The number of methoxy groups -OCH3 is 1. The summed E-state index contributed by atoms with van der Waals surface area (Å²) in [7, 11) is 1.68. The number of fused-ring (bicyclic) bond motifs is 1. The van der Waals surface area contributed by atoms with Crippen LogP contribution in [0.3, 0.4) is 0 Å². The number of rotatable bonds is 3. The van der Waals surface area contributed by atoms with Crippen molar-refractivity contribution in [2.24, 2.45) is 0 Å². The standard InChI is InChI=1S/C16H18N2O3/c1-21-10-11-4-6-18(7-5-11)16(20)12-2-3-14-13(8-12)9-15(19)17-14/h2-4,8H,5-7,9-10H2,1H3,(H,17,19). The van der Waals surface area contributed by atoms with Crippen LogP contribution >= 0.6 is 0 Å². The molecule has 0 aliphatic carbocycles. The molecule has 0 atom stereocenters. The van der Waals surface area contributed by atoms with E-state index < -0.39 is 0 Å². The van der Waals surface area contributed by atoms with Crippen LogP contribution in [-0.4, -0.2) is 43.5 Å². The Morgan fingerprint density at radius 2 is 2.29 bits per heavy atom. The number of nitrogens with one attached hydrogen (secondary N) is 1. The second kappa shape index (κ2) is 5.69. The number of hydrogen-bond acceptors (Lipinski definition) is 3. The first-order valence-electron chi connectivity index (χ1n) is 7.06. The van der Waals surface area contributed by atoms with Crippen molar-refractivity contribution < 1.29 is 14.3 Å². The van der Waals surface area contributed by atoms with E-state index in [1.54, 1.807) is 13.2 Å². The molecule has 0 radical (unpaired) electrons. The summed E-state index contributed by atoms with van der Waals surface area (Å²) in [5.74, 6) is 0.00424. The summed E-state index contributed by atoms with van der Waals surface area (Å²) < 4.78 is 5.11. The molecular weight excluding hydrogens is 268 g/mol. The zero-order valence-corrected chi connectivity index (χ0v) is 12.0. The zero-order valence-electron chi connectivity index (χ0n) is 12.0. The van der Waals surface area contributed by atoms with Crippen molar-refractivity contribution in [1.29, 1.82) is 0 Å². The quantitative estimate of drug-likeness (QED) is 0.859. The molecule has 1 aromatic carbocycles. The van der Waals surface area contributed by atoms with Crippen molar-refractivity contribution in [2.75, 3.05) is 32.1 Å². The maximum absolute atomic E-state index is 12.5. The lowest BCUT2D eigenvalue weighted by Gasteiger charge is -2.26. The van der Waals surface area contributed by atoms with Gasteiger partial charge in [0.15, 0.2) is 0 Å². The van der Waals surface area contributed by atoms with Gasteiger partial charge < -0.3 is 15.0 Å². The predicted octanol–water partition coefficient (Wildman–Crippen LogP) is 1.60. The highest BCUT2D eigenvalue weighted by atomic mass is 16.5. The fourth-order valence-corrected chi connectivity index (χ4v) is 2.76. The molecule has 1 N–H and O–H groups in total. The zero-order chi connectivity index (χ0) is 14.8. The van der Waals surface area contributed by atoms with Crippen LogP contribution in [0.2, 0.25) is 0 Å². The Hall–Kier alpha value is -2.14. The van der Waals surface area contributed by atoms with Gasteiger partial charge in [-0.05, 0) is 35.8 Å². The van der Waals surface area contributed by atoms with Crippen LogP contribution in [-0.2, 0) is 16.0 Å². The molecule has 2 heterocycles. The molecular formula is C16H18N2O3. The van der Waals surface area contributed by atoms with E-state index in [1.165, 1.54) is 5.57 Å². The third-order valence-corrected chi connectivity index (χ3v) is 3.90. The Balaban J connectivity index is 1.72. The van der Waals surface area contributed by atoms with Crippen molar-refractivity contribution in [1.82, 2.24) is 4.90 Å². The monoisotopic (exact) mass is 286 g/mol. The summed E-state index contributed by atoms with van der Waals surface area (Å²) in [6.45, 7) is 1.96. The van der Waals surface area contributed by atoms with Gasteiger partial charge in [0.1, 0.15) is 0 Å². The molecule has 0 unspecified atom stereocenters. The summed E-state index contributed by atoms with van der Waals surface area (Å²) in [6.07, 6.45) is 3.27. The molecule has 2 aliphatic rings. The first-order chi connectivity index (χ1) is 10.2. The molecule has 0 aromatic heterocycles. The fourth-order valence-electron chi connectivity index (χ4n) is 2.76. The van der Waals surface area contributed by atoms with Crippen molar-refractivity contribution in [3.63, 3.8) is 0 Å². The van der Waals surface area contributed by atoms with Crippen LogP contribution < -0.4 is 5.32 Å². The van der Waals surface area contributed by atoms with E-state index in [2.05, 4.69) is 11.4 Å². The third kappa shape index (κ3) is 2.83. The maximum atomic E-state index is 12.5. The van der Waals surface area contributed by atoms with Crippen molar-refractivity contribution in [2.45, 2.75) is 12.8 Å². The van der Waals surface area contributed by atoms with Crippen LogP contribution in [0.5, 0.6) is 0 Å². The van der Waals surface area contributed by atoms with Gasteiger partial charge in [0, 0.05) is 31.5 Å². The van der Waals surface area contributed by atoms with E-state index in [0.29, 0.717) is 31.7 Å². The SMILES string of the molecule is COCC1=CCN(C(=O)c2ccc3c(c2)CC(=O)N3)CC1. The predicted molar refractivity (Wildman–Crippen MR) is 79.3 cm³/mol. The van der Waals surface area contributed by atoms with E-state index in [0.717, 1.165) is 17.7 Å². The molecule has 0 bridgehead atoms. The highest BCUT2D eigenvalue weighted by molar-refractivity contribution is 6.01. The molecule has 2 amide bonds. The molecule has 0 fully saturated rings. The Bertz CT molecular complexity index is 622. The third-order valence-electron chi connectivity index (χ3n) is 3.90. The molecule has 0 spiro atoms. The van der Waals surface area contributed by atoms with E-state index in [4.69, 9.17) is 4.74 Å². The molecule has 1 aromatic rings. The smallest absolute Gasteiger partial charge is 0.254 e. The number of anilines is 1. The van der Waals surface area contributed by atoms with E-state index in [9.17, 15) is 9.59 Å². The molecule has 3 rings (SSSR count). The van der Waals surface area contributed by atoms with Gasteiger partial charge in [0.2, 0.25) is 5.91 Å². The molecule has 0 saturated carbocycles. The lowest BCUT2D eigenvalue weighted by molar-refractivity contribution is -0.115. The number of hydrogen-bond donors (Lipinski definition) is 1. The highest BCUT2D eigenvalue weighted by Gasteiger charge is 2.22. The molecule has 110 valence electrons.